The molecule has 0 aliphatic carbocycles. The van der Waals surface area contributed by atoms with E-state index in [1.54, 1.807) is 0 Å². The number of aliphatic hydroxyl groups is 1. The summed E-state index contributed by atoms with van der Waals surface area (Å²) >= 11 is 0. The van der Waals surface area contributed by atoms with Crippen LogP contribution in [0.2, 0.25) is 0 Å². The van der Waals surface area contributed by atoms with Crippen LogP contribution >= 0.6 is 0 Å². The molecular weight excluding hydrogens is 186 g/mol. The predicted molar refractivity (Wildman–Crippen MR) is 49.5 cm³/mol. The van der Waals surface area contributed by atoms with Crippen molar-refractivity contribution in [1.29, 1.82) is 0 Å². The second kappa shape index (κ2) is 4.12. The van der Waals surface area contributed by atoms with E-state index >= 15 is 0 Å². The Morgan fingerprint density at radius 3 is 2.64 bits per heavy atom. The lowest BCUT2D eigenvalue weighted by Crippen LogP contribution is -2.24. The lowest BCUT2D eigenvalue weighted by atomic mass is 10.1. The van der Waals surface area contributed by atoms with Gasteiger partial charge in [0.1, 0.15) is 6.20 Å². The summed E-state index contributed by atoms with van der Waals surface area (Å²) in [5.41, 5.74) is 5.93. The Morgan fingerprint density at radius 1 is 1.64 bits per heavy atom. The number of hydrogen-bond donors (Lipinski definition) is 2. The molecule has 0 aromatic carbocycles. The zero-order valence-corrected chi connectivity index (χ0v) is 7.62. The highest BCUT2D eigenvalue weighted by atomic mass is 16.6. The standard InChI is InChI=1S/C8H11N3O3/c1-5(12)8(9)7-3-2-6(4-10-7)11(13)14/h2-5,8,12H,9H2,1H3/t5-,8+/m0/s1. The minimum Gasteiger partial charge on any atom is -0.391 e. The van der Waals surface area contributed by atoms with Gasteiger partial charge in [-0.2, -0.15) is 0 Å². The largest absolute Gasteiger partial charge is 0.391 e. The molecule has 0 aliphatic heterocycles. The number of aromatic nitrogens is 1. The van der Waals surface area contributed by atoms with E-state index in [-0.39, 0.29) is 5.69 Å². The van der Waals surface area contributed by atoms with Crippen LogP contribution in [0.3, 0.4) is 0 Å². The van der Waals surface area contributed by atoms with Crippen molar-refractivity contribution in [3.63, 3.8) is 0 Å². The van der Waals surface area contributed by atoms with Gasteiger partial charge >= 0.3 is 0 Å². The first kappa shape index (κ1) is 10.6. The van der Waals surface area contributed by atoms with Crippen LogP contribution < -0.4 is 5.73 Å². The number of nitro groups is 1. The Bertz CT molecular complexity index is 323. The van der Waals surface area contributed by atoms with Gasteiger partial charge in [-0.25, -0.2) is 0 Å². The molecule has 1 rings (SSSR count). The van der Waals surface area contributed by atoms with E-state index in [9.17, 15) is 10.1 Å². The molecule has 6 heteroatoms. The second-order valence-corrected chi connectivity index (χ2v) is 2.96. The Balaban J connectivity index is 2.88. The maximum atomic E-state index is 10.3. The SMILES string of the molecule is C[C@H](O)[C@@H](N)c1ccc([N+](=O)[O-])cn1. The third-order valence-corrected chi connectivity index (χ3v) is 1.84. The highest BCUT2D eigenvalue weighted by molar-refractivity contribution is 5.27. The highest BCUT2D eigenvalue weighted by Gasteiger charge is 2.14. The average Bonchev–Trinajstić information content (AvgIpc) is 2.16. The molecule has 2 atom stereocenters. The highest BCUT2D eigenvalue weighted by Crippen LogP contribution is 2.15. The van der Waals surface area contributed by atoms with Crippen molar-refractivity contribution in [3.05, 3.63) is 34.1 Å². The van der Waals surface area contributed by atoms with E-state index in [1.165, 1.54) is 19.1 Å². The normalized spacial score (nSPS) is 14.8. The Morgan fingerprint density at radius 2 is 2.29 bits per heavy atom. The van der Waals surface area contributed by atoms with Crippen molar-refractivity contribution >= 4 is 5.69 Å². The van der Waals surface area contributed by atoms with Crippen LogP contribution in [0.15, 0.2) is 18.3 Å². The minimum absolute atomic E-state index is 0.0912. The molecule has 0 radical (unpaired) electrons. The molecule has 3 N–H and O–H groups in total. The van der Waals surface area contributed by atoms with Crippen LogP contribution in [-0.2, 0) is 0 Å². The van der Waals surface area contributed by atoms with E-state index < -0.39 is 17.1 Å². The van der Waals surface area contributed by atoms with Crippen molar-refractivity contribution in [2.45, 2.75) is 19.1 Å². The van der Waals surface area contributed by atoms with Crippen LogP contribution in [0, 0.1) is 10.1 Å². The van der Waals surface area contributed by atoms with Crippen molar-refractivity contribution in [1.82, 2.24) is 4.98 Å². The van der Waals surface area contributed by atoms with E-state index in [0.29, 0.717) is 5.69 Å². The van der Waals surface area contributed by atoms with Crippen molar-refractivity contribution in [2.24, 2.45) is 5.73 Å². The molecular formula is C8H11N3O3. The van der Waals surface area contributed by atoms with Crippen LogP contribution in [0.25, 0.3) is 0 Å². The molecule has 0 saturated carbocycles. The summed E-state index contributed by atoms with van der Waals surface area (Å²) in [4.78, 5) is 13.6. The van der Waals surface area contributed by atoms with Gasteiger partial charge in [-0.15, -0.1) is 0 Å². The Kier molecular flexibility index (Phi) is 3.10. The molecule has 14 heavy (non-hydrogen) atoms. The molecule has 76 valence electrons. The molecule has 0 amide bonds. The van der Waals surface area contributed by atoms with Crippen LogP contribution in [-0.4, -0.2) is 21.1 Å². The third kappa shape index (κ3) is 2.24. The van der Waals surface area contributed by atoms with Gasteiger partial charge in [0, 0.05) is 6.07 Å². The number of hydrogen-bond acceptors (Lipinski definition) is 5. The summed E-state index contributed by atoms with van der Waals surface area (Å²) in [7, 11) is 0. The van der Waals surface area contributed by atoms with Gasteiger partial charge in [-0.3, -0.25) is 15.1 Å². The number of aliphatic hydroxyl groups excluding tert-OH is 1. The number of nitrogens with two attached hydrogens (primary N) is 1. The summed E-state index contributed by atoms with van der Waals surface area (Å²) in [6, 6.07) is 2.14. The quantitative estimate of drug-likeness (QED) is 0.538. The van der Waals surface area contributed by atoms with Crippen LogP contribution in [0.5, 0.6) is 0 Å². The molecule has 1 heterocycles. The van der Waals surface area contributed by atoms with Crippen molar-refractivity contribution < 1.29 is 10.0 Å². The summed E-state index contributed by atoms with van der Waals surface area (Å²) in [5, 5.41) is 19.5. The minimum atomic E-state index is -0.732. The molecule has 0 bridgehead atoms. The zero-order valence-electron chi connectivity index (χ0n) is 7.62. The first-order chi connectivity index (χ1) is 6.52. The maximum absolute atomic E-state index is 10.3. The second-order valence-electron chi connectivity index (χ2n) is 2.96. The lowest BCUT2D eigenvalue weighted by molar-refractivity contribution is -0.385. The number of rotatable bonds is 3. The molecule has 0 aliphatic rings. The van der Waals surface area contributed by atoms with E-state index in [4.69, 9.17) is 10.8 Å². The van der Waals surface area contributed by atoms with Crippen molar-refractivity contribution in [2.75, 3.05) is 0 Å². The Labute approximate surface area is 80.5 Å². The lowest BCUT2D eigenvalue weighted by Gasteiger charge is -2.12. The maximum Gasteiger partial charge on any atom is 0.287 e. The topological polar surface area (TPSA) is 102 Å². The summed E-state index contributed by atoms with van der Waals surface area (Å²) in [6.45, 7) is 1.54. The van der Waals surface area contributed by atoms with Gasteiger partial charge < -0.3 is 10.8 Å². The molecule has 1 aromatic heterocycles. The molecule has 0 spiro atoms. The third-order valence-electron chi connectivity index (χ3n) is 1.84. The molecule has 0 unspecified atom stereocenters. The predicted octanol–water partition coefficient (Wildman–Crippen LogP) is 0.370. The molecule has 0 fully saturated rings. The smallest absolute Gasteiger partial charge is 0.287 e. The summed E-state index contributed by atoms with van der Waals surface area (Å²) < 4.78 is 0. The summed E-state index contributed by atoms with van der Waals surface area (Å²) in [6.07, 6.45) is 0.390. The van der Waals surface area contributed by atoms with Gasteiger partial charge in [-0.05, 0) is 13.0 Å². The van der Waals surface area contributed by atoms with Gasteiger partial charge in [0.15, 0.2) is 0 Å². The molecule has 6 nitrogen and oxygen atoms in total. The Hall–Kier alpha value is -1.53. The first-order valence-corrected chi connectivity index (χ1v) is 4.06. The summed E-state index contributed by atoms with van der Waals surface area (Å²) in [5.74, 6) is 0. The van der Waals surface area contributed by atoms with Crippen LogP contribution in [0.4, 0.5) is 5.69 Å². The van der Waals surface area contributed by atoms with Crippen LogP contribution in [0.1, 0.15) is 18.7 Å². The molecule has 1 aromatic rings. The first-order valence-electron chi connectivity index (χ1n) is 4.06. The van der Waals surface area contributed by atoms with Gasteiger partial charge in [-0.1, -0.05) is 0 Å². The van der Waals surface area contributed by atoms with E-state index in [2.05, 4.69) is 4.98 Å². The van der Waals surface area contributed by atoms with E-state index in [0.717, 1.165) is 6.20 Å². The van der Waals surface area contributed by atoms with E-state index in [1.807, 2.05) is 0 Å². The fourth-order valence-corrected chi connectivity index (χ4v) is 0.950. The fraction of sp³-hybridized carbons (Fsp3) is 0.375. The van der Waals surface area contributed by atoms with Gasteiger partial charge in [0.2, 0.25) is 0 Å². The number of pyridine rings is 1. The molecule has 0 saturated heterocycles. The van der Waals surface area contributed by atoms with Gasteiger partial charge in [0.25, 0.3) is 5.69 Å². The zero-order chi connectivity index (χ0) is 10.7. The average molecular weight is 197 g/mol. The fourth-order valence-electron chi connectivity index (χ4n) is 0.950. The van der Waals surface area contributed by atoms with Crippen molar-refractivity contribution in [3.8, 4) is 0 Å². The monoisotopic (exact) mass is 197 g/mol. The van der Waals surface area contributed by atoms with Gasteiger partial charge in [0.05, 0.1) is 22.8 Å². The number of nitrogens with zero attached hydrogens (tertiary/aromatic N) is 2.